The van der Waals surface area contributed by atoms with E-state index in [9.17, 15) is 0 Å². The second-order valence-corrected chi connectivity index (χ2v) is 4.73. The van der Waals surface area contributed by atoms with Gasteiger partial charge in [0.05, 0.1) is 14.8 Å². The van der Waals surface area contributed by atoms with Crippen LogP contribution in [0.3, 0.4) is 0 Å². The Morgan fingerprint density at radius 2 is 2.06 bits per heavy atom. The number of pyridine rings is 1. The van der Waals surface area contributed by atoms with E-state index < -0.39 is 0 Å². The van der Waals surface area contributed by atoms with Gasteiger partial charge in [0, 0.05) is 18.0 Å². The first-order valence-electron chi connectivity index (χ1n) is 4.48. The molecule has 5 heteroatoms. The average molecular weight is 347 g/mol. The van der Waals surface area contributed by atoms with Gasteiger partial charge in [-0.05, 0) is 40.8 Å². The smallest absolute Gasteiger partial charge is 0.147 e. The minimum atomic E-state index is 0.544. The van der Waals surface area contributed by atoms with E-state index in [1.807, 2.05) is 12.1 Å². The van der Waals surface area contributed by atoms with Crippen molar-refractivity contribution >= 4 is 39.9 Å². The summed E-state index contributed by atoms with van der Waals surface area (Å²) in [5.41, 5.74) is 6.36. The number of aromatic nitrogens is 1. The molecule has 0 atom stereocenters. The van der Waals surface area contributed by atoms with Crippen molar-refractivity contribution in [1.82, 2.24) is 4.98 Å². The standard InChI is InChI=1S/C11H8ClIN2O/c12-7-3-9(6-15-5-7)16-11-2-1-8(14)4-10(11)13/h1-6H,14H2. The summed E-state index contributed by atoms with van der Waals surface area (Å²) in [7, 11) is 0. The lowest BCUT2D eigenvalue weighted by molar-refractivity contribution is 0.477. The van der Waals surface area contributed by atoms with Crippen LogP contribution in [0.4, 0.5) is 5.69 Å². The largest absolute Gasteiger partial charge is 0.455 e. The van der Waals surface area contributed by atoms with E-state index in [2.05, 4.69) is 27.6 Å². The van der Waals surface area contributed by atoms with Crippen LogP contribution < -0.4 is 10.5 Å². The third kappa shape index (κ3) is 2.76. The molecule has 0 saturated heterocycles. The molecule has 0 saturated carbocycles. The molecule has 0 aliphatic carbocycles. The topological polar surface area (TPSA) is 48.1 Å². The second-order valence-electron chi connectivity index (χ2n) is 3.13. The molecule has 0 aliphatic heterocycles. The quantitative estimate of drug-likeness (QED) is 0.666. The van der Waals surface area contributed by atoms with Gasteiger partial charge < -0.3 is 10.5 Å². The Labute approximate surface area is 112 Å². The predicted octanol–water partition coefficient (Wildman–Crippen LogP) is 3.71. The number of anilines is 1. The first-order valence-corrected chi connectivity index (χ1v) is 5.94. The van der Waals surface area contributed by atoms with Crippen molar-refractivity contribution in [1.29, 1.82) is 0 Å². The van der Waals surface area contributed by atoms with Crippen LogP contribution in [0.25, 0.3) is 0 Å². The van der Waals surface area contributed by atoms with E-state index in [0.717, 1.165) is 9.32 Å². The van der Waals surface area contributed by atoms with E-state index in [0.29, 0.717) is 16.5 Å². The van der Waals surface area contributed by atoms with Crippen molar-refractivity contribution in [3.8, 4) is 11.5 Å². The van der Waals surface area contributed by atoms with Crippen LogP contribution in [-0.4, -0.2) is 4.98 Å². The molecule has 1 aromatic carbocycles. The molecular formula is C11H8ClIN2O. The molecule has 82 valence electrons. The number of hydrogen-bond donors (Lipinski definition) is 1. The number of ether oxygens (including phenoxy) is 1. The first kappa shape index (κ1) is 11.5. The van der Waals surface area contributed by atoms with Crippen molar-refractivity contribution in [3.63, 3.8) is 0 Å². The average Bonchev–Trinajstić information content (AvgIpc) is 2.22. The SMILES string of the molecule is Nc1ccc(Oc2cncc(Cl)c2)c(I)c1. The summed E-state index contributed by atoms with van der Waals surface area (Å²) in [6, 6.07) is 7.16. The molecule has 0 spiro atoms. The maximum Gasteiger partial charge on any atom is 0.147 e. The molecule has 2 rings (SSSR count). The first-order chi connectivity index (χ1) is 7.65. The highest BCUT2D eigenvalue weighted by Gasteiger charge is 2.03. The van der Waals surface area contributed by atoms with Crippen molar-refractivity contribution in [2.24, 2.45) is 0 Å². The molecular weight excluding hydrogens is 338 g/mol. The zero-order valence-corrected chi connectivity index (χ0v) is 11.1. The number of nitrogens with zero attached hydrogens (tertiary/aromatic N) is 1. The van der Waals surface area contributed by atoms with Crippen LogP contribution in [0.5, 0.6) is 11.5 Å². The molecule has 0 radical (unpaired) electrons. The van der Waals surface area contributed by atoms with Crippen molar-refractivity contribution in [3.05, 3.63) is 45.3 Å². The minimum Gasteiger partial charge on any atom is -0.455 e. The highest BCUT2D eigenvalue weighted by molar-refractivity contribution is 14.1. The second kappa shape index (κ2) is 4.88. The Balaban J connectivity index is 2.27. The summed E-state index contributed by atoms with van der Waals surface area (Å²) in [5.74, 6) is 1.34. The summed E-state index contributed by atoms with van der Waals surface area (Å²) in [6.07, 6.45) is 3.17. The number of rotatable bonds is 2. The van der Waals surface area contributed by atoms with Gasteiger partial charge >= 0.3 is 0 Å². The third-order valence-corrected chi connectivity index (χ3v) is 2.91. The lowest BCUT2D eigenvalue weighted by Crippen LogP contribution is -1.90. The normalized spacial score (nSPS) is 10.1. The molecule has 1 heterocycles. The molecule has 0 unspecified atom stereocenters. The van der Waals surface area contributed by atoms with Gasteiger partial charge in [0.2, 0.25) is 0 Å². The summed E-state index contributed by atoms with van der Waals surface area (Å²) in [6.45, 7) is 0. The maximum absolute atomic E-state index is 5.81. The van der Waals surface area contributed by atoms with Gasteiger partial charge in [-0.1, -0.05) is 11.6 Å². The van der Waals surface area contributed by atoms with Gasteiger partial charge in [-0.2, -0.15) is 0 Å². The summed E-state index contributed by atoms with van der Waals surface area (Å²) >= 11 is 7.97. The lowest BCUT2D eigenvalue weighted by Gasteiger charge is -2.07. The molecule has 16 heavy (non-hydrogen) atoms. The Kier molecular flexibility index (Phi) is 3.50. The molecule has 0 fully saturated rings. The molecule has 1 aromatic heterocycles. The monoisotopic (exact) mass is 346 g/mol. The lowest BCUT2D eigenvalue weighted by atomic mass is 10.3. The fourth-order valence-electron chi connectivity index (χ4n) is 1.18. The van der Waals surface area contributed by atoms with Gasteiger partial charge in [0.15, 0.2) is 0 Å². The highest BCUT2D eigenvalue weighted by atomic mass is 127. The van der Waals surface area contributed by atoms with E-state index >= 15 is 0 Å². The van der Waals surface area contributed by atoms with Crippen LogP contribution >= 0.6 is 34.2 Å². The van der Waals surface area contributed by atoms with E-state index in [-0.39, 0.29) is 0 Å². The molecule has 2 aromatic rings. The number of benzene rings is 1. The molecule has 0 amide bonds. The Bertz CT molecular complexity index is 519. The Hall–Kier alpha value is -1.01. The van der Waals surface area contributed by atoms with Gasteiger partial charge in [0.25, 0.3) is 0 Å². The summed E-state index contributed by atoms with van der Waals surface area (Å²) < 4.78 is 6.58. The van der Waals surface area contributed by atoms with E-state index in [1.165, 1.54) is 0 Å². The zero-order chi connectivity index (χ0) is 11.5. The molecule has 3 nitrogen and oxygen atoms in total. The molecule has 0 aliphatic rings. The van der Waals surface area contributed by atoms with Gasteiger partial charge in [-0.15, -0.1) is 0 Å². The van der Waals surface area contributed by atoms with E-state index in [4.69, 9.17) is 22.1 Å². The summed E-state index contributed by atoms with van der Waals surface area (Å²) in [4.78, 5) is 3.94. The summed E-state index contributed by atoms with van der Waals surface area (Å²) in [5, 5.41) is 0.544. The van der Waals surface area contributed by atoms with Crippen molar-refractivity contribution in [2.75, 3.05) is 5.73 Å². The van der Waals surface area contributed by atoms with Crippen LogP contribution in [-0.2, 0) is 0 Å². The Morgan fingerprint density at radius 1 is 1.25 bits per heavy atom. The fourth-order valence-corrected chi connectivity index (χ4v) is 1.99. The maximum atomic E-state index is 5.81. The highest BCUT2D eigenvalue weighted by Crippen LogP contribution is 2.28. The number of nitrogens with two attached hydrogens (primary N) is 1. The predicted molar refractivity (Wildman–Crippen MR) is 72.9 cm³/mol. The zero-order valence-electron chi connectivity index (χ0n) is 8.15. The van der Waals surface area contributed by atoms with E-state index in [1.54, 1.807) is 24.5 Å². The number of halogens is 2. The minimum absolute atomic E-state index is 0.544. The van der Waals surface area contributed by atoms with Crippen LogP contribution in [0.1, 0.15) is 0 Å². The number of hydrogen-bond acceptors (Lipinski definition) is 3. The fraction of sp³-hybridized carbons (Fsp3) is 0. The number of nitrogen functional groups attached to an aromatic ring is 1. The van der Waals surface area contributed by atoms with Crippen molar-refractivity contribution in [2.45, 2.75) is 0 Å². The van der Waals surface area contributed by atoms with Crippen LogP contribution in [0.15, 0.2) is 36.7 Å². The van der Waals surface area contributed by atoms with Gasteiger partial charge in [-0.25, -0.2) is 0 Å². The van der Waals surface area contributed by atoms with Gasteiger partial charge in [0.1, 0.15) is 11.5 Å². The molecule has 0 bridgehead atoms. The molecule has 2 N–H and O–H groups in total. The third-order valence-electron chi connectivity index (χ3n) is 1.86. The Morgan fingerprint density at radius 3 is 2.75 bits per heavy atom. The van der Waals surface area contributed by atoms with Gasteiger partial charge in [-0.3, -0.25) is 4.98 Å². The van der Waals surface area contributed by atoms with Crippen LogP contribution in [0.2, 0.25) is 5.02 Å². The van der Waals surface area contributed by atoms with Crippen molar-refractivity contribution < 1.29 is 4.74 Å². The van der Waals surface area contributed by atoms with Crippen LogP contribution in [0, 0.1) is 3.57 Å².